The Balaban J connectivity index is 2.10. The van der Waals surface area contributed by atoms with Gasteiger partial charge in [-0.2, -0.15) is 13.8 Å². The van der Waals surface area contributed by atoms with Crippen LogP contribution in [-0.2, 0) is 11.3 Å². The predicted molar refractivity (Wildman–Crippen MR) is 84.7 cm³/mol. The molecule has 1 saturated heterocycles. The molecular weight excluding hydrogens is 377 g/mol. The van der Waals surface area contributed by atoms with E-state index in [1.165, 1.54) is 7.11 Å². The molecule has 0 spiro atoms. The Bertz CT molecular complexity index is 669. The number of rotatable bonds is 8. The van der Waals surface area contributed by atoms with Crippen LogP contribution >= 0.6 is 0 Å². The minimum atomic E-state index is -4.48. The highest BCUT2D eigenvalue weighted by atomic mass is 19.3. The molecule has 2 rings (SSSR count). The average molecular weight is 397 g/mol. The van der Waals surface area contributed by atoms with Gasteiger partial charge in [-0.05, 0) is 32.4 Å². The zero-order valence-electron chi connectivity index (χ0n) is 14.7. The third-order valence-corrected chi connectivity index (χ3v) is 4.13. The largest absolute Gasteiger partial charge is 0.481 e. The summed E-state index contributed by atoms with van der Waals surface area (Å²) in [5.41, 5.74) is 0.141. The van der Waals surface area contributed by atoms with Crippen molar-refractivity contribution < 1.29 is 36.2 Å². The number of halogens is 5. The van der Waals surface area contributed by atoms with E-state index in [0.29, 0.717) is 13.3 Å². The van der Waals surface area contributed by atoms with Crippen LogP contribution in [0.3, 0.4) is 0 Å². The molecule has 1 amide bonds. The third-order valence-electron chi connectivity index (χ3n) is 4.13. The number of carbonyl (C=O) groups is 1. The molecule has 2 N–H and O–H groups in total. The van der Waals surface area contributed by atoms with Crippen molar-refractivity contribution in [3.63, 3.8) is 0 Å². The SMILES string of the molecule is COc1nc(OC(C)C(F)(F)C(F)F)c(F)cc1CNC(=O)[C@@H]1CCCN1. The van der Waals surface area contributed by atoms with E-state index in [0.717, 1.165) is 19.0 Å². The van der Waals surface area contributed by atoms with Crippen molar-refractivity contribution >= 4 is 5.91 Å². The van der Waals surface area contributed by atoms with E-state index in [1.807, 2.05) is 0 Å². The normalized spacial score (nSPS) is 18.4. The lowest BCUT2D eigenvalue weighted by Crippen LogP contribution is -2.42. The Morgan fingerprint density at radius 2 is 2.15 bits per heavy atom. The Morgan fingerprint density at radius 1 is 1.44 bits per heavy atom. The van der Waals surface area contributed by atoms with E-state index < -0.39 is 30.1 Å². The van der Waals surface area contributed by atoms with Gasteiger partial charge in [0, 0.05) is 12.1 Å². The van der Waals surface area contributed by atoms with Gasteiger partial charge in [0.15, 0.2) is 11.9 Å². The van der Waals surface area contributed by atoms with E-state index >= 15 is 0 Å². The molecule has 11 heteroatoms. The lowest BCUT2D eigenvalue weighted by molar-refractivity contribution is -0.179. The molecule has 152 valence electrons. The molecule has 2 heterocycles. The number of aromatic nitrogens is 1. The topological polar surface area (TPSA) is 72.5 Å². The van der Waals surface area contributed by atoms with Gasteiger partial charge < -0.3 is 20.1 Å². The number of carbonyl (C=O) groups excluding carboxylic acids is 1. The van der Waals surface area contributed by atoms with Crippen LogP contribution in [0.2, 0.25) is 0 Å². The molecule has 1 aliphatic heterocycles. The van der Waals surface area contributed by atoms with Crippen molar-refractivity contribution in [2.45, 2.75) is 50.8 Å². The fourth-order valence-corrected chi connectivity index (χ4v) is 2.52. The monoisotopic (exact) mass is 397 g/mol. The second kappa shape index (κ2) is 8.68. The molecule has 0 radical (unpaired) electrons. The number of ether oxygens (including phenoxy) is 2. The van der Waals surface area contributed by atoms with Crippen molar-refractivity contribution in [1.82, 2.24) is 15.6 Å². The Morgan fingerprint density at radius 3 is 2.70 bits per heavy atom. The van der Waals surface area contributed by atoms with Crippen LogP contribution in [-0.4, -0.2) is 49.0 Å². The first-order valence-corrected chi connectivity index (χ1v) is 8.24. The van der Waals surface area contributed by atoms with Crippen molar-refractivity contribution in [3.8, 4) is 11.8 Å². The zero-order valence-corrected chi connectivity index (χ0v) is 14.7. The molecule has 0 aliphatic carbocycles. The van der Waals surface area contributed by atoms with E-state index in [2.05, 4.69) is 20.4 Å². The first-order chi connectivity index (χ1) is 12.7. The number of nitrogens with zero attached hydrogens (tertiary/aromatic N) is 1. The first-order valence-electron chi connectivity index (χ1n) is 8.24. The molecule has 27 heavy (non-hydrogen) atoms. The number of hydrogen-bond donors (Lipinski definition) is 2. The minimum Gasteiger partial charge on any atom is -0.481 e. The van der Waals surface area contributed by atoms with Crippen molar-refractivity contribution in [2.75, 3.05) is 13.7 Å². The molecule has 1 fully saturated rings. The number of alkyl halides is 4. The van der Waals surface area contributed by atoms with Gasteiger partial charge in [0.25, 0.3) is 5.88 Å². The number of hydrogen-bond acceptors (Lipinski definition) is 5. The van der Waals surface area contributed by atoms with Gasteiger partial charge in [0.1, 0.15) is 0 Å². The van der Waals surface area contributed by atoms with Gasteiger partial charge in [-0.1, -0.05) is 0 Å². The Kier molecular flexibility index (Phi) is 6.79. The summed E-state index contributed by atoms with van der Waals surface area (Å²) in [7, 11) is 1.20. The van der Waals surface area contributed by atoms with Crippen molar-refractivity contribution in [1.29, 1.82) is 0 Å². The summed E-state index contributed by atoms with van der Waals surface area (Å²) < 4.78 is 74.9. The standard InChI is InChI=1S/C16H20F5N3O3/c1-8(16(20,21)15(18)19)27-14-10(17)6-9(13(24-14)26-2)7-23-12(25)11-4-3-5-22-11/h6,8,11,15,22H,3-5,7H2,1-2H3,(H,23,25)/t8?,11-/m0/s1. The molecule has 1 aromatic heterocycles. The third kappa shape index (κ3) is 4.96. The van der Waals surface area contributed by atoms with Crippen LogP contribution in [0, 0.1) is 5.82 Å². The van der Waals surface area contributed by atoms with E-state index in [9.17, 15) is 26.7 Å². The Labute approximate surface area is 152 Å². The molecule has 0 aromatic carbocycles. The lowest BCUT2D eigenvalue weighted by atomic mass is 10.2. The molecule has 2 atom stereocenters. The average Bonchev–Trinajstić information content (AvgIpc) is 3.15. The number of amides is 1. The molecule has 1 unspecified atom stereocenters. The van der Waals surface area contributed by atoms with Crippen LogP contribution in [0.1, 0.15) is 25.3 Å². The molecule has 1 aliphatic rings. The summed E-state index contributed by atoms with van der Waals surface area (Å²) in [6, 6.07) is 0.547. The summed E-state index contributed by atoms with van der Waals surface area (Å²) in [6.45, 7) is 1.29. The summed E-state index contributed by atoms with van der Waals surface area (Å²) in [6.07, 6.45) is -4.75. The zero-order chi connectivity index (χ0) is 20.2. The van der Waals surface area contributed by atoms with Gasteiger partial charge in [-0.25, -0.2) is 13.2 Å². The van der Waals surface area contributed by atoms with Crippen LogP contribution in [0.5, 0.6) is 11.8 Å². The number of pyridine rings is 1. The van der Waals surface area contributed by atoms with Crippen LogP contribution in [0.15, 0.2) is 6.07 Å². The molecule has 1 aromatic rings. The molecule has 6 nitrogen and oxygen atoms in total. The van der Waals surface area contributed by atoms with E-state index in [4.69, 9.17) is 4.74 Å². The Hall–Kier alpha value is -2.17. The fraction of sp³-hybridized carbons (Fsp3) is 0.625. The second-order valence-electron chi connectivity index (χ2n) is 6.05. The van der Waals surface area contributed by atoms with Gasteiger partial charge in [-0.15, -0.1) is 0 Å². The van der Waals surface area contributed by atoms with Crippen LogP contribution in [0.25, 0.3) is 0 Å². The fourth-order valence-electron chi connectivity index (χ4n) is 2.52. The van der Waals surface area contributed by atoms with E-state index in [-0.39, 0.29) is 29.9 Å². The highest BCUT2D eigenvalue weighted by Gasteiger charge is 2.48. The number of methoxy groups -OCH3 is 1. The maximum Gasteiger partial charge on any atom is 0.343 e. The molecular formula is C16H20F5N3O3. The van der Waals surface area contributed by atoms with Gasteiger partial charge in [0.05, 0.1) is 13.2 Å². The quantitative estimate of drug-likeness (QED) is 0.659. The summed E-state index contributed by atoms with van der Waals surface area (Å²) in [5, 5.41) is 5.60. The number of nitrogens with one attached hydrogen (secondary N) is 2. The van der Waals surface area contributed by atoms with Crippen molar-refractivity contribution in [2.24, 2.45) is 0 Å². The van der Waals surface area contributed by atoms with Crippen LogP contribution in [0.4, 0.5) is 22.0 Å². The van der Waals surface area contributed by atoms with Crippen LogP contribution < -0.4 is 20.1 Å². The maximum atomic E-state index is 14.1. The molecule has 0 bridgehead atoms. The van der Waals surface area contributed by atoms with E-state index in [1.54, 1.807) is 0 Å². The summed E-state index contributed by atoms with van der Waals surface area (Å²) in [5.74, 6) is -6.98. The molecule has 0 saturated carbocycles. The highest BCUT2D eigenvalue weighted by Crippen LogP contribution is 2.31. The second-order valence-corrected chi connectivity index (χ2v) is 6.05. The van der Waals surface area contributed by atoms with Gasteiger partial charge in [-0.3, -0.25) is 4.79 Å². The van der Waals surface area contributed by atoms with Crippen molar-refractivity contribution in [3.05, 3.63) is 17.4 Å². The first kappa shape index (κ1) is 21.1. The summed E-state index contributed by atoms with van der Waals surface area (Å²) >= 11 is 0. The smallest absolute Gasteiger partial charge is 0.343 e. The lowest BCUT2D eigenvalue weighted by Gasteiger charge is -2.23. The maximum absolute atomic E-state index is 14.1. The highest BCUT2D eigenvalue weighted by molar-refractivity contribution is 5.82. The van der Waals surface area contributed by atoms with Gasteiger partial charge >= 0.3 is 12.3 Å². The summed E-state index contributed by atoms with van der Waals surface area (Å²) in [4.78, 5) is 15.6. The minimum absolute atomic E-state index is 0.118. The van der Waals surface area contributed by atoms with Gasteiger partial charge in [0.2, 0.25) is 11.8 Å². The predicted octanol–water partition coefficient (Wildman–Crippen LogP) is 2.27.